The summed E-state index contributed by atoms with van der Waals surface area (Å²) in [5.41, 5.74) is 1.63. The maximum absolute atomic E-state index is 12.5. The van der Waals surface area contributed by atoms with E-state index in [0.717, 1.165) is 11.3 Å². The molecule has 1 amide bonds. The number of nitrogens with one attached hydrogen (secondary N) is 1. The molecule has 0 fully saturated rings. The van der Waals surface area contributed by atoms with Gasteiger partial charge in [-0.1, -0.05) is 30.3 Å². The number of amides is 1. The van der Waals surface area contributed by atoms with Crippen LogP contribution >= 0.6 is 11.3 Å². The Morgan fingerprint density at radius 1 is 1.22 bits per heavy atom. The van der Waals surface area contributed by atoms with Crippen molar-refractivity contribution >= 4 is 22.4 Å². The van der Waals surface area contributed by atoms with Crippen LogP contribution in [-0.2, 0) is 6.54 Å². The number of nitrogens with zero attached hydrogens (tertiary/aromatic N) is 2. The van der Waals surface area contributed by atoms with Crippen molar-refractivity contribution in [2.75, 3.05) is 5.32 Å². The zero-order chi connectivity index (χ0) is 16.2. The fraction of sp³-hybridized carbons (Fsp3) is 0.118. The van der Waals surface area contributed by atoms with Crippen LogP contribution in [-0.4, -0.2) is 15.5 Å². The standard InChI is InChI=1S/C17H15N3O2S/c1-12-11-23-17(18-12)19-15(21)14-8-5-9-20(16(14)22)10-13-6-3-2-4-7-13/h2-9,11H,10H2,1H3,(H,18,19,21). The Labute approximate surface area is 137 Å². The average Bonchev–Trinajstić information content (AvgIpc) is 2.95. The third-order valence-electron chi connectivity index (χ3n) is 3.30. The van der Waals surface area contributed by atoms with Crippen LogP contribution in [0.15, 0.2) is 58.8 Å². The van der Waals surface area contributed by atoms with Gasteiger partial charge in [-0.2, -0.15) is 0 Å². The highest BCUT2D eigenvalue weighted by Gasteiger charge is 2.13. The fourth-order valence-electron chi connectivity index (χ4n) is 2.19. The van der Waals surface area contributed by atoms with Crippen molar-refractivity contribution < 1.29 is 4.79 Å². The van der Waals surface area contributed by atoms with Crippen molar-refractivity contribution in [3.8, 4) is 0 Å². The van der Waals surface area contributed by atoms with E-state index in [0.29, 0.717) is 11.7 Å². The lowest BCUT2D eigenvalue weighted by molar-refractivity contribution is 0.102. The van der Waals surface area contributed by atoms with Gasteiger partial charge in [-0.25, -0.2) is 4.98 Å². The Kier molecular flexibility index (Phi) is 4.34. The summed E-state index contributed by atoms with van der Waals surface area (Å²) in [6.45, 7) is 2.28. The Hall–Kier alpha value is -2.73. The number of rotatable bonds is 4. The van der Waals surface area contributed by atoms with Crippen LogP contribution in [0, 0.1) is 6.92 Å². The van der Waals surface area contributed by atoms with Crippen LogP contribution in [0.25, 0.3) is 0 Å². The first-order valence-electron chi connectivity index (χ1n) is 7.10. The molecule has 3 rings (SSSR count). The lowest BCUT2D eigenvalue weighted by atomic mass is 10.2. The highest BCUT2D eigenvalue weighted by molar-refractivity contribution is 7.13. The largest absolute Gasteiger partial charge is 0.310 e. The third kappa shape index (κ3) is 3.54. The molecule has 2 aromatic heterocycles. The Balaban J connectivity index is 1.84. The molecule has 0 saturated carbocycles. The topological polar surface area (TPSA) is 64.0 Å². The van der Waals surface area contributed by atoms with Crippen LogP contribution in [0.4, 0.5) is 5.13 Å². The van der Waals surface area contributed by atoms with Crippen molar-refractivity contribution in [2.24, 2.45) is 0 Å². The zero-order valence-corrected chi connectivity index (χ0v) is 13.3. The van der Waals surface area contributed by atoms with E-state index in [9.17, 15) is 9.59 Å². The van der Waals surface area contributed by atoms with Gasteiger partial charge in [-0.3, -0.25) is 14.9 Å². The van der Waals surface area contributed by atoms with E-state index < -0.39 is 5.91 Å². The number of hydrogen-bond acceptors (Lipinski definition) is 4. The molecule has 0 aliphatic rings. The molecule has 1 aromatic carbocycles. The molecule has 0 saturated heterocycles. The smallest absolute Gasteiger partial charge is 0.263 e. The molecule has 0 spiro atoms. The quantitative estimate of drug-likeness (QED) is 0.802. The molecule has 23 heavy (non-hydrogen) atoms. The number of hydrogen-bond donors (Lipinski definition) is 1. The van der Waals surface area contributed by atoms with Gasteiger partial charge in [0.15, 0.2) is 5.13 Å². The molecular formula is C17H15N3O2S. The van der Waals surface area contributed by atoms with Crippen molar-refractivity contribution in [3.05, 3.63) is 81.2 Å². The summed E-state index contributed by atoms with van der Waals surface area (Å²) in [5, 5.41) is 5.00. The first-order chi connectivity index (χ1) is 11.1. The number of pyridine rings is 1. The van der Waals surface area contributed by atoms with Gasteiger partial charge >= 0.3 is 0 Å². The predicted octanol–water partition coefficient (Wildman–Crippen LogP) is 2.91. The summed E-state index contributed by atoms with van der Waals surface area (Å²) in [4.78, 5) is 29.0. The van der Waals surface area contributed by atoms with Crippen molar-refractivity contribution in [1.29, 1.82) is 0 Å². The Morgan fingerprint density at radius 2 is 2.00 bits per heavy atom. The van der Waals surface area contributed by atoms with Crippen LogP contribution in [0.1, 0.15) is 21.6 Å². The number of carbonyl (C=O) groups is 1. The second kappa shape index (κ2) is 6.58. The molecular weight excluding hydrogens is 310 g/mol. The van der Waals surface area contributed by atoms with Gasteiger partial charge in [-0.15, -0.1) is 11.3 Å². The molecule has 5 nitrogen and oxygen atoms in total. The van der Waals surface area contributed by atoms with Crippen LogP contribution in [0.3, 0.4) is 0 Å². The zero-order valence-electron chi connectivity index (χ0n) is 12.5. The summed E-state index contributed by atoms with van der Waals surface area (Å²) in [6.07, 6.45) is 1.68. The number of thiazole rings is 1. The minimum Gasteiger partial charge on any atom is -0.310 e. The Bertz CT molecular complexity index is 884. The normalized spacial score (nSPS) is 10.5. The van der Waals surface area contributed by atoms with Gasteiger partial charge in [0.05, 0.1) is 12.2 Å². The highest BCUT2D eigenvalue weighted by atomic mass is 32.1. The molecule has 0 radical (unpaired) electrons. The molecule has 3 aromatic rings. The number of anilines is 1. The number of aromatic nitrogens is 2. The number of carbonyl (C=O) groups excluding carboxylic acids is 1. The van der Waals surface area contributed by atoms with Crippen LogP contribution in [0.2, 0.25) is 0 Å². The molecule has 6 heteroatoms. The first kappa shape index (κ1) is 15.2. The molecule has 0 bridgehead atoms. The SMILES string of the molecule is Cc1csc(NC(=O)c2cccn(Cc3ccccc3)c2=O)n1. The first-order valence-corrected chi connectivity index (χ1v) is 7.98. The third-order valence-corrected chi connectivity index (χ3v) is 4.18. The summed E-state index contributed by atoms with van der Waals surface area (Å²) in [6, 6.07) is 12.9. The van der Waals surface area contributed by atoms with E-state index in [2.05, 4.69) is 10.3 Å². The molecule has 0 aliphatic heterocycles. The summed E-state index contributed by atoms with van der Waals surface area (Å²) >= 11 is 1.33. The maximum atomic E-state index is 12.5. The molecule has 0 aliphatic carbocycles. The summed E-state index contributed by atoms with van der Waals surface area (Å²) in [7, 11) is 0. The van der Waals surface area contributed by atoms with E-state index in [-0.39, 0.29) is 11.1 Å². The van der Waals surface area contributed by atoms with E-state index in [4.69, 9.17) is 0 Å². The van der Waals surface area contributed by atoms with Gasteiger partial charge < -0.3 is 4.57 Å². The van der Waals surface area contributed by atoms with Gasteiger partial charge in [0, 0.05) is 11.6 Å². The summed E-state index contributed by atoms with van der Waals surface area (Å²) in [5.74, 6) is -0.438. The van der Waals surface area contributed by atoms with E-state index >= 15 is 0 Å². The minimum absolute atomic E-state index is 0.108. The van der Waals surface area contributed by atoms with E-state index in [1.54, 1.807) is 12.3 Å². The number of benzene rings is 1. The van der Waals surface area contributed by atoms with Crippen molar-refractivity contribution in [2.45, 2.75) is 13.5 Å². The second-order valence-electron chi connectivity index (χ2n) is 5.09. The van der Waals surface area contributed by atoms with Gasteiger partial charge in [0.25, 0.3) is 11.5 Å². The van der Waals surface area contributed by atoms with Gasteiger partial charge in [-0.05, 0) is 24.6 Å². The lowest BCUT2D eigenvalue weighted by Crippen LogP contribution is -2.29. The van der Waals surface area contributed by atoms with E-state index in [1.807, 2.05) is 42.6 Å². The van der Waals surface area contributed by atoms with Crippen LogP contribution in [0.5, 0.6) is 0 Å². The highest BCUT2D eigenvalue weighted by Crippen LogP contribution is 2.15. The lowest BCUT2D eigenvalue weighted by Gasteiger charge is -2.08. The average molecular weight is 325 g/mol. The monoisotopic (exact) mass is 325 g/mol. The minimum atomic E-state index is -0.438. The van der Waals surface area contributed by atoms with Crippen molar-refractivity contribution in [1.82, 2.24) is 9.55 Å². The molecule has 0 unspecified atom stereocenters. The van der Waals surface area contributed by atoms with Gasteiger partial charge in [0.2, 0.25) is 0 Å². The Morgan fingerprint density at radius 3 is 2.70 bits per heavy atom. The molecule has 1 N–H and O–H groups in total. The van der Waals surface area contributed by atoms with E-state index in [1.165, 1.54) is 22.0 Å². The van der Waals surface area contributed by atoms with Gasteiger partial charge in [0.1, 0.15) is 5.56 Å². The van der Waals surface area contributed by atoms with Crippen molar-refractivity contribution in [3.63, 3.8) is 0 Å². The fourth-order valence-corrected chi connectivity index (χ4v) is 2.87. The predicted molar refractivity (Wildman–Crippen MR) is 91.1 cm³/mol. The van der Waals surface area contributed by atoms with Crippen LogP contribution < -0.4 is 10.9 Å². The molecule has 2 heterocycles. The second-order valence-corrected chi connectivity index (χ2v) is 5.95. The molecule has 116 valence electrons. The maximum Gasteiger partial charge on any atom is 0.263 e. The molecule has 0 atom stereocenters. The number of aryl methyl sites for hydroxylation is 1. The summed E-state index contributed by atoms with van der Waals surface area (Å²) < 4.78 is 1.53.